The largest absolute Gasteiger partial charge is 0.335 e. The first-order chi connectivity index (χ1) is 14.4. The van der Waals surface area contributed by atoms with Crippen molar-refractivity contribution in [3.63, 3.8) is 0 Å². The molecule has 0 N–H and O–H groups in total. The molecule has 0 spiro atoms. The lowest BCUT2D eigenvalue weighted by atomic mass is 9.96. The number of ketones is 1. The Morgan fingerprint density at radius 2 is 1.70 bits per heavy atom. The third-order valence-electron chi connectivity index (χ3n) is 5.78. The highest BCUT2D eigenvalue weighted by Crippen LogP contribution is 2.38. The summed E-state index contributed by atoms with van der Waals surface area (Å²) in [7, 11) is 1.83. The number of hydrogen-bond acceptors (Lipinski definition) is 4. The van der Waals surface area contributed by atoms with Crippen molar-refractivity contribution in [2.24, 2.45) is 7.05 Å². The normalized spacial score (nSPS) is 13.7. The summed E-state index contributed by atoms with van der Waals surface area (Å²) in [6.07, 6.45) is 9.38. The van der Waals surface area contributed by atoms with Gasteiger partial charge in [0.1, 0.15) is 17.3 Å². The molecule has 0 amide bonds. The molecule has 0 saturated heterocycles. The Balaban J connectivity index is 1.62. The summed E-state index contributed by atoms with van der Waals surface area (Å²) in [6.45, 7) is 3.42. The molecule has 0 atom stereocenters. The molecule has 1 aliphatic rings. The molecule has 5 nitrogen and oxygen atoms in total. The summed E-state index contributed by atoms with van der Waals surface area (Å²) < 4.78 is 16.6. The summed E-state index contributed by atoms with van der Waals surface area (Å²) in [5.41, 5.74) is 3.96. The van der Waals surface area contributed by atoms with Crippen LogP contribution in [0, 0.1) is 19.7 Å². The first-order valence-corrected chi connectivity index (χ1v) is 10.0. The fourth-order valence-electron chi connectivity index (χ4n) is 3.83. The van der Waals surface area contributed by atoms with Crippen molar-refractivity contribution in [3.05, 3.63) is 76.9 Å². The molecule has 6 heteroatoms. The van der Waals surface area contributed by atoms with Crippen molar-refractivity contribution in [2.75, 3.05) is 0 Å². The predicted molar refractivity (Wildman–Crippen MR) is 113 cm³/mol. The number of pyridine rings is 1. The third-order valence-corrected chi connectivity index (χ3v) is 5.78. The number of benzene rings is 1. The lowest BCUT2D eigenvalue weighted by Gasteiger charge is -2.08. The van der Waals surface area contributed by atoms with Crippen LogP contribution in [-0.4, -0.2) is 25.3 Å². The molecular formula is C24H21FN4O. The number of nitrogens with zero attached hydrogens (tertiary/aromatic N) is 4. The van der Waals surface area contributed by atoms with Crippen LogP contribution in [0.4, 0.5) is 4.39 Å². The lowest BCUT2D eigenvalue weighted by molar-refractivity contribution is 0.103. The maximum absolute atomic E-state index is 14.8. The van der Waals surface area contributed by atoms with Crippen LogP contribution >= 0.6 is 0 Å². The van der Waals surface area contributed by atoms with E-state index in [2.05, 4.69) is 15.0 Å². The van der Waals surface area contributed by atoms with Gasteiger partial charge in [0.15, 0.2) is 5.78 Å². The van der Waals surface area contributed by atoms with Gasteiger partial charge in [-0.3, -0.25) is 4.79 Å². The smallest absolute Gasteiger partial charge is 0.198 e. The van der Waals surface area contributed by atoms with E-state index < -0.39 is 5.82 Å². The highest BCUT2D eigenvalue weighted by atomic mass is 19.1. The minimum atomic E-state index is -0.467. The summed E-state index contributed by atoms with van der Waals surface area (Å²) in [5, 5.41) is 0.687. The van der Waals surface area contributed by atoms with Crippen molar-refractivity contribution >= 4 is 16.8 Å². The van der Waals surface area contributed by atoms with Crippen molar-refractivity contribution in [1.29, 1.82) is 0 Å². The van der Waals surface area contributed by atoms with Crippen molar-refractivity contribution in [3.8, 4) is 11.1 Å². The van der Waals surface area contributed by atoms with Crippen LogP contribution in [0.2, 0.25) is 0 Å². The average Bonchev–Trinajstić information content (AvgIpc) is 3.55. The second kappa shape index (κ2) is 6.83. The molecule has 1 aliphatic carbocycles. The highest BCUT2D eigenvalue weighted by Gasteiger charge is 2.26. The van der Waals surface area contributed by atoms with Crippen molar-refractivity contribution in [2.45, 2.75) is 32.6 Å². The Bertz CT molecular complexity index is 1300. The number of hydrogen-bond donors (Lipinski definition) is 0. The number of carbonyl (C=O) groups is 1. The first-order valence-electron chi connectivity index (χ1n) is 10.0. The molecule has 0 unspecified atom stereocenters. The van der Waals surface area contributed by atoms with E-state index in [1.807, 2.05) is 13.1 Å². The molecule has 1 fully saturated rings. The van der Waals surface area contributed by atoms with E-state index in [9.17, 15) is 9.18 Å². The number of halogens is 1. The van der Waals surface area contributed by atoms with Gasteiger partial charge in [-0.2, -0.15) is 0 Å². The minimum absolute atomic E-state index is 0.116. The maximum Gasteiger partial charge on any atom is 0.198 e. The van der Waals surface area contributed by atoms with Gasteiger partial charge in [0, 0.05) is 59.8 Å². The van der Waals surface area contributed by atoms with E-state index in [-0.39, 0.29) is 11.3 Å². The molecule has 4 aromatic rings. The van der Waals surface area contributed by atoms with Gasteiger partial charge in [0.2, 0.25) is 0 Å². The van der Waals surface area contributed by atoms with Gasteiger partial charge in [-0.05, 0) is 43.9 Å². The van der Waals surface area contributed by atoms with E-state index in [4.69, 9.17) is 0 Å². The quantitative estimate of drug-likeness (QED) is 0.458. The Hall–Kier alpha value is -3.41. The number of rotatable bonds is 4. The van der Waals surface area contributed by atoms with Crippen LogP contribution < -0.4 is 0 Å². The van der Waals surface area contributed by atoms with E-state index in [0.29, 0.717) is 33.6 Å². The molecule has 3 heterocycles. The van der Waals surface area contributed by atoms with Gasteiger partial charge < -0.3 is 4.57 Å². The van der Waals surface area contributed by atoms with Crippen LogP contribution in [0.3, 0.4) is 0 Å². The van der Waals surface area contributed by atoms with Crippen LogP contribution in [-0.2, 0) is 7.05 Å². The molecule has 1 aromatic carbocycles. The van der Waals surface area contributed by atoms with Crippen molar-refractivity contribution in [1.82, 2.24) is 19.5 Å². The van der Waals surface area contributed by atoms with Gasteiger partial charge in [-0.1, -0.05) is 12.1 Å². The van der Waals surface area contributed by atoms with E-state index in [1.54, 1.807) is 55.3 Å². The SMILES string of the molecule is Cc1ccc(C)c(C(=O)c2cn(C)c3ncc(-c4cnc(C5CC5)nc4)cc23)c1F. The Morgan fingerprint density at radius 1 is 1.03 bits per heavy atom. The zero-order valence-corrected chi connectivity index (χ0v) is 17.1. The molecule has 5 rings (SSSR count). The molecule has 1 saturated carbocycles. The molecular weight excluding hydrogens is 379 g/mol. The van der Waals surface area contributed by atoms with Gasteiger partial charge in [0.25, 0.3) is 0 Å². The number of fused-ring (bicyclic) bond motifs is 1. The standard InChI is InChI=1S/C24H21FN4O/c1-13-4-5-14(2)21(25)20(13)22(30)19-12-29(3)24-18(19)8-16(9-28-24)17-10-26-23(27-11-17)15-6-7-15/h4-5,8-12,15H,6-7H2,1-3H3. The molecule has 3 aromatic heterocycles. The lowest BCUT2D eigenvalue weighted by Crippen LogP contribution is -2.08. The predicted octanol–water partition coefficient (Wildman–Crippen LogP) is 4.89. The number of carbonyl (C=O) groups excluding carboxylic acids is 1. The fraction of sp³-hybridized carbons (Fsp3) is 0.250. The van der Waals surface area contributed by atoms with Crippen LogP contribution in [0.5, 0.6) is 0 Å². The van der Waals surface area contributed by atoms with Gasteiger partial charge >= 0.3 is 0 Å². The molecule has 0 aliphatic heterocycles. The molecule has 150 valence electrons. The topological polar surface area (TPSA) is 60.7 Å². The van der Waals surface area contributed by atoms with Crippen LogP contribution in [0.15, 0.2) is 43.0 Å². The maximum atomic E-state index is 14.8. The van der Waals surface area contributed by atoms with Gasteiger partial charge in [-0.15, -0.1) is 0 Å². The Morgan fingerprint density at radius 3 is 2.40 bits per heavy atom. The first kappa shape index (κ1) is 18.6. The monoisotopic (exact) mass is 400 g/mol. The second-order valence-electron chi connectivity index (χ2n) is 8.07. The Kier molecular flexibility index (Phi) is 4.24. The van der Waals surface area contributed by atoms with E-state index in [1.165, 1.54) is 0 Å². The zero-order chi connectivity index (χ0) is 21.0. The number of aromatic nitrogens is 4. The third kappa shape index (κ3) is 3.00. The van der Waals surface area contributed by atoms with Gasteiger partial charge in [0.05, 0.1) is 5.56 Å². The summed E-state index contributed by atoms with van der Waals surface area (Å²) in [4.78, 5) is 26.8. The van der Waals surface area contributed by atoms with E-state index >= 15 is 0 Å². The average molecular weight is 400 g/mol. The summed E-state index contributed by atoms with van der Waals surface area (Å²) >= 11 is 0. The minimum Gasteiger partial charge on any atom is -0.335 e. The van der Waals surface area contributed by atoms with Crippen LogP contribution in [0.1, 0.15) is 51.6 Å². The zero-order valence-electron chi connectivity index (χ0n) is 17.1. The summed E-state index contributed by atoms with van der Waals surface area (Å²) in [5.74, 6) is 0.572. The number of aryl methyl sites for hydroxylation is 3. The molecule has 30 heavy (non-hydrogen) atoms. The van der Waals surface area contributed by atoms with E-state index in [0.717, 1.165) is 29.8 Å². The van der Waals surface area contributed by atoms with Gasteiger partial charge in [-0.25, -0.2) is 19.3 Å². The van der Waals surface area contributed by atoms with Crippen LogP contribution in [0.25, 0.3) is 22.2 Å². The highest BCUT2D eigenvalue weighted by molar-refractivity contribution is 6.17. The summed E-state index contributed by atoms with van der Waals surface area (Å²) in [6, 6.07) is 5.38. The van der Waals surface area contributed by atoms with Crippen molar-refractivity contribution < 1.29 is 9.18 Å². The Labute approximate surface area is 173 Å². The fourth-order valence-corrected chi connectivity index (χ4v) is 3.83. The second-order valence-corrected chi connectivity index (χ2v) is 8.07. The molecule has 0 radical (unpaired) electrons. The molecule has 0 bridgehead atoms.